The van der Waals surface area contributed by atoms with Gasteiger partial charge >= 0.3 is 0 Å². The maximum atomic E-state index is 12.6. The summed E-state index contributed by atoms with van der Waals surface area (Å²) in [5, 5.41) is 14.8. The van der Waals surface area contributed by atoms with Crippen LogP contribution >= 0.6 is 0 Å². The van der Waals surface area contributed by atoms with Gasteiger partial charge < -0.3 is 10.1 Å². The van der Waals surface area contributed by atoms with Gasteiger partial charge in [0.2, 0.25) is 5.91 Å². The van der Waals surface area contributed by atoms with Gasteiger partial charge in [0.1, 0.15) is 5.75 Å². The Balaban J connectivity index is 1.44. The molecule has 1 aromatic heterocycles. The first-order valence-electron chi connectivity index (χ1n) is 8.59. The molecule has 7 nitrogen and oxygen atoms in total. The number of hydrogen-bond acceptors (Lipinski definition) is 5. The van der Waals surface area contributed by atoms with Gasteiger partial charge in [0.25, 0.3) is 0 Å². The molecule has 4 rings (SSSR count). The number of benzene rings is 1. The highest BCUT2D eigenvalue weighted by Gasteiger charge is 2.28. The van der Waals surface area contributed by atoms with Crippen molar-refractivity contribution in [3.05, 3.63) is 35.2 Å². The van der Waals surface area contributed by atoms with E-state index in [1.807, 2.05) is 12.1 Å². The van der Waals surface area contributed by atoms with Crippen LogP contribution in [-0.4, -0.2) is 32.7 Å². The number of hydrogen-bond donors (Lipinski definition) is 1. The van der Waals surface area contributed by atoms with Crippen molar-refractivity contribution in [3.8, 4) is 5.75 Å². The highest BCUT2D eigenvalue weighted by atomic mass is 16.5. The van der Waals surface area contributed by atoms with Crippen LogP contribution < -0.4 is 10.1 Å². The van der Waals surface area contributed by atoms with Gasteiger partial charge in [-0.25, -0.2) is 4.68 Å². The van der Waals surface area contributed by atoms with Crippen molar-refractivity contribution >= 4 is 5.91 Å². The standard InChI is InChI=1S/C17H21N5O2/c23-17(14-5-1-2-8-22-16(14)19-20-21-22)18-11-12-6-7-15-13(10-12)4-3-9-24-15/h6-7,10,14H,1-5,8-9,11H2,(H,18,23)/t14-/m1/s1. The van der Waals surface area contributed by atoms with Crippen LogP contribution in [-0.2, 0) is 24.3 Å². The van der Waals surface area contributed by atoms with E-state index in [9.17, 15) is 4.79 Å². The van der Waals surface area contributed by atoms with Crippen LogP contribution in [0.4, 0.5) is 0 Å². The molecule has 1 atom stereocenters. The summed E-state index contributed by atoms with van der Waals surface area (Å²) in [6.07, 6.45) is 4.89. The summed E-state index contributed by atoms with van der Waals surface area (Å²) in [4.78, 5) is 12.6. The number of amides is 1. The second-order valence-electron chi connectivity index (χ2n) is 6.42. The van der Waals surface area contributed by atoms with Crippen LogP contribution in [0.25, 0.3) is 0 Å². The summed E-state index contributed by atoms with van der Waals surface area (Å²) in [5.74, 6) is 1.40. The van der Waals surface area contributed by atoms with E-state index in [1.54, 1.807) is 4.68 Å². The first kappa shape index (κ1) is 15.1. The summed E-state index contributed by atoms with van der Waals surface area (Å²) in [5.41, 5.74) is 2.33. The molecule has 2 aliphatic heterocycles. The molecule has 0 unspecified atom stereocenters. The third-order valence-corrected chi connectivity index (χ3v) is 4.74. The normalized spacial score (nSPS) is 19.6. The molecule has 0 fully saturated rings. The Kier molecular flexibility index (Phi) is 4.15. The minimum atomic E-state index is -0.261. The van der Waals surface area contributed by atoms with Crippen LogP contribution in [0.1, 0.15) is 48.6 Å². The maximum absolute atomic E-state index is 12.6. The summed E-state index contributed by atoms with van der Waals surface area (Å²) in [6, 6.07) is 6.15. The zero-order chi connectivity index (χ0) is 16.4. The molecule has 7 heteroatoms. The molecule has 0 saturated carbocycles. The molecule has 2 aromatic rings. The minimum absolute atomic E-state index is 0.00178. The molecule has 126 valence electrons. The van der Waals surface area contributed by atoms with Crippen molar-refractivity contribution in [2.24, 2.45) is 0 Å². The van der Waals surface area contributed by atoms with Crippen molar-refractivity contribution < 1.29 is 9.53 Å². The highest BCUT2D eigenvalue weighted by Crippen LogP contribution is 2.26. The Labute approximate surface area is 140 Å². The number of carbonyl (C=O) groups excluding carboxylic acids is 1. The van der Waals surface area contributed by atoms with Gasteiger partial charge in [-0.1, -0.05) is 18.6 Å². The third kappa shape index (κ3) is 2.98. The molecular weight excluding hydrogens is 306 g/mol. The molecule has 0 saturated heterocycles. The van der Waals surface area contributed by atoms with Gasteiger partial charge in [-0.05, 0) is 53.3 Å². The number of aryl methyl sites for hydroxylation is 2. The number of fused-ring (bicyclic) bond motifs is 2. The fraction of sp³-hybridized carbons (Fsp3) is 0.529. The molecule has 2 aliphatic rings. The fourth-order valence-electron chi connectivity index (χ4n) is 3.44. The van der Waals surface area contributed by atoms with Gasteiger partial charge in [0.05, 0.1) is 12.5 Å². The quantitative estimate of drug-likeness (QED) is 0.925. The topological polar surface area (TPSA) is 81.9 Å². The summed E-state index contributed by atoms with van der Waals surface area (Å²) in [6.45, 7) is 2.10. The zero-order valence-electron chi connectivity index (χ0n) is 13.6. The number of ether oxygens (including phenoxy) is 1. The van der Waals surface area contributed by atoms with Crippen molar-refractivity contribution in [2.75, 3.05) is 6.61 Å². The predicted molar refractivity (Wildman–Crippen MR) is 86.5 cm³/mol. The lowest BCUT2D eigenvalue weighted by Crippen LogP contribution is -2.30. The largest absolute Gasteiger partial charge is 0.493 e. The van der Waals surface area contributed by atoms with Gasteiger partial charge in [-0.3, -0.25) is 4.79 Å². The Hall–Kier alpha value is -2.44. The lowest BCUT2D eigenvalue weighted by atomic mass is 10.0. The van der Waals surface area contributed by atoms with E-state index in [0.717, 1.165) is 56.6 Å². The first-order chi connectivity index (χ1) is 11.8. The second kappa shape index (κ2) is 6.59. The number of carbonyl (C=O) groups is 1. The van der Waals surface area contributed by atoms with E-state index >= 15 is 0 Å². The van der Waals surface area contributed by atoms with Gasteiger partial charge in [0, 0.05) is 13.1 Å². The molecule has 0 radical (unpaired) electrons. The Morgan fingerprint density at radius 2 is 2.29 bits per heavy atom. The van der Waals surface area contributed by atoms with Crippen molar-refractivity contribution in [1.82, 2.24) is 25.5 Å². The molecule has 1 amide bonds. The van der Waals surface area contributed by atoms with Crippen LogP contribution in [0, 0.1) is 0 Å². The number of nitrogens with zero attached hydrogens (tertiary/aromatic N) is 4. The molecule has 24 heavy (non-hydrogen) atoms. The second-order valence-corrected chi connectivity index (χ2v) is 6.42. The maximum Gasteiger partial charge on any atom is 0.231 e. The Morgan fingerprint density at radius 1 is 1.33 bits per heavy atom. The van der Waals surface area contributed by atoms with E-state index in [-0.39, 0.29) is 11.8 Å². The molecule has 1 aromatic carbocycles. The first-order valence-corrected chi connectivity index (χ1v) is 8.59. The van der Waals surface area contributed by atoms with Crippen LogP contribution in [0.2, 0.25) is 0 Å². The van der Waals surface area contributed by atoms with Crippen LogP contribution in [0.3, 0.4) is 0 Å². The average Bonchev–Trinajstić information content (AvgIpc) is 2.99. The van der Waals surface area contributed by atoms with E-state index in [4.69, 9.17) is 4.74 Å². The monoisotopic (exact) mass is 327 g/mol. The average molecular weight is 327 g/mol. The molecular formula is C17H21N5O2. The number of rotatable bonds is 3. The van der Waals surface area contributed by atoms with Gasteiger partial charge in [-0.2, -0.15) is 0 Å². The molecule has 0 bridgehead atoms. The minimum Gasteiger partial charge on any atom is -0.493 e. The van der Waals surface area contributed by atoms with E-state index in [1.165, 1.54) is 5.56 Å². The number of nitrogens with one attached hydrogen (secondary N) is 1. The molecule has 3 heterocycles. The van der Waals surface area contributed by atoms with Crippen LogP contribution in [0.5, 0.6) is 5.75 Å². The lowest BCUT2D eigenvalue weighted by molar-refractivity contribution is -0.123. The van der Waals surface area contributed by atoms with Crippen molar-refractivity contribution in [3.63, 3.8) is 0 Å². The predicted octanol–water partition coefficient (Wildman–Crippen LogP) is 1.58. The molecule has 0 spiro atoms. The zero-order valence-corrected chi connectivity index (χ0v) is 13.6. The van der Waals surface area contributed by atoms with E-state index in [2.05, 4.69) is 26.9 Å². The van der Waals surface area contributed by atoms with E-state index in [0.29, 0.717) is 12.4 Å². The molecule has 0 aliphatic carbocycles. The Bertz CT molecular complexity index is 742. The fourth-order valence-corrected chi connectivity index (χ4v) is 3.44. The lowest BCUT2D eigenvalue weighted by Gasteiger charge is -2.18. The summed E-state index contributed by atoms with van der Waals surface area (Å²) in [7, 11) is 0. The van der Waals surface area contributed by atoms with E-state index < -0.39 is 0 Å². The van der Waals surface area contributed by atoms with Crippen molar-refractivity contribution in [2.45, 2.75) is 51.1 Å². The van der Waals surface area contributed by atoms with Crippen molar-refractivity contribution in [1.29, 1.82) is 0 Å². The third-order valence-electron chi connectivity index (χ3n) is 4.74. The SMILES string of the molecule is O=C(NCc1ccc2c(c1)CCCO2)[C@@H]1CCCCn2nnnc21. The summed E-state index contributed by atoms with van der Waals surface area (Å²) < 4.78 is 7.39. The summed E-state index contributed by atoms with van der Waals surface area (Å²) >= 11 is 0. The number of tetrazole rings is 1. The highest BCUT2D eigenvalue weighted by molar-refractivity contribution is 5.82. The Morgan fingerprint density at radius 3 is 3.25 bits per heavy atom. The van der Waals surface area contributed by atoms with Crippen LogP contribution in [0.15, 0.2) is 18.2 Å². The van der Waals surface area contributed by atoms with Gasteiger partial charge in [0.15, 0.2) is 5.82 Å². The smallest absolute Gasteiger partial charge is 0.231 e. The number of aromatic nitrogens is 4. The molecule has 1 N–H and O–H groups in total. The van der Waals surface area contributed by atoms with Gasteiger partial charge in [-0.15, -0.1) is 5.10 Å².